The van der Waals surface area contributed by atoms with Gasteiger partial charge in [-0.25, -0.2) is 0 Å². The Hall–Kier alpha value is -2.24. The first kappa shape index (κ1) is 19.1. The van der Waals surface area contributed by atoms with E-state index in [0.717, 1.165) is 61.0 Å². The van der Waals surface area contributed by atoms with E-state index in [0.29, 0.717) is 13.1 Å². The number of halogens is 1. The largest absolute Gasteiger partial charge is 0.371 e. The zero-order valence-electron chi connectivity index (χ0n) is 16.1. The lowest BCUT2D eigenvalue weighted by atomic mass is 10.0. The van der Waals surface area contributed by atoms with Gasteiger partial charge in [0.1, 0.15) is 0 Å². The second-order valence-corrected chi connectivity index (χ2v) is 8.04. The molecular formula is C22H27ClN4O. The Morgan fingerprint density at radius 3 is 2.32 bits per heavy atom. The lowest BCUT2D eigenvalue weighted by Gasteiger charge is -2.37. The Balaban J connectivity index is 1.44. The number of piperidine rings is 1. The van der Waals surface area contributed by atoms with Gasteiger partial charge in [-0.15, -0.1) is 0 Å². The van der Waals surface area contributed by atoms with Crippen molar-refractivity contribution in [1.29, 1.82) is 0 Å². The van der Waals surface area contributed by atoms with E-state index in [2.05, 4.69) is 21.9 Å². The first-order chi connectivity index (χ1) is 13.6. The third-order valence-electron chi connectivity index (χ3n) is 5.75. The molecule has 0 atom stereocenters. The molecule has 2 saturated heterocycles. The van der Waals surface area contributed by atoms with Crippen LogP contribution in [0, 0.1) is 0 Å². The summed E-state index contributed by atoms with van der Waals surface area (Å²) in [5.41, 5.74) is 9.00. The molecule has 148 valence electrons. The van der Waals surface area contributed by atoms with E-state index in [-0.39, 0.29) is 11.9 Å². The number of benzene rings is 2. The van der Waals surface area contributed by atoms with Crippen molar-refractivity contribution in [2.24, 2.45) is 5.73 Å². The minimum atomic E-state index is 0.121. The standard InChI is InChI=1S/C22H27ClN4O/c23-17-4-3-5-19(16-17)25-12-14-27(15-13-25)22(28)20-6-1-2-7-21(20)26-10-8-18(24)9-11-26/h1-7,16,18H,8-15,24H2. The van der Waals surface area contributed by atoms with E-state index in [1.165, 1.54) is 0 Å². The van der Waals surface area contributed by atoms with Gasteiger partial charge in [0.25, 0.3) is 5.91 Å². The van der Waals surface area contributed by atoms with E-state index in [9.17, 15) is 4.79 Å². The first-order valence-corrected chi connectivity index (χ1v) is 10.4. The Bertz CT molecular complexity index is 827. The van der Waals surface area contributed by atoms with E-state index in [1.807, 2.05) is 41.3 Å². The Labute approximate surface area is 171 Å². The number of piperazine rings is 1. The molecule has 0 aliphatic carbocycles. The Morgan fingerprint density at radius 2 is 1.61 bits per heavy atom. The predicted octanol–water partition coefficient (Wildman–Crippen LogP) is 3.23. The highest BCUT2D eigenvalue weighted by Crippen LogP contribution is 2.26. The van der Waals surface area contributed by atoms with Crippen LogP contribution >= 0.6 is 11.6 Å². The van der Waals surface area contributed by atoms with Gasteiger partial charge < -0.3 is 20.4 Å². The highest BCUT2D eigenvalue weighted by Gasteiger charge is 2.26. The molecule has 0 spiro atoms. The van der Waals surface area contributed by atoms with Crippen molar-refractivity contribution in [2.45, 2.75) is 18.9 Å². The number of para-hydroxylation sites is 1. The SMILES string of the molecule is NC1CCN(c2ccccc2C(=O)N2CCN(c3cccc(Cl)c3)CC2)CC1. The highest BCUT2D eigenvalue weighted by molar-refractivity contribution is 6.30. The third-order valence-corrected chi connectivity index (χ3v) is 5.99. The summed E-state index contributed by atoms with van der Waals surface area (Å²) in [7, 11) is 0. The van der Waals surface area contributed by atoms with Crippen molar-refractivity contribution in [3.63, 3.8) is 0 Å². The second-order valence-electron chi connectivity index (χ2n) is 7.60. The summed E-state index contributed by atoms with van der Waals surface area (Å²) >= 11 is 6.12. The topological polar surface area (TPSA) is 52.8 Å². The molecule has 2 aromatic rings. The maximum Gasteiger partial charge on any atom is 0.256 e. The molecule has 0 unspecified atom stereocenters. The number of hydrogen-bond donors (Lipinski definition) is 1. The van der Waals surface area contributed by atoms with Gasteiger partial charge in [-0.2, -0.15) is 0 Å². The van der Waals surface area contributed by atoms with Gasteiger partial charge >= 0.3 is 0 Å². The summed E-state index contributed by atoms with van der Waals surface area (Å²) in [6, 6.07) is 16.2. The molecule has 5 nitrogen and oxygen atoms in total. The van der Waals surface area contributed by atoms with Crippen molar-refractivity contribution in [1.82, 2.24) is 4.90 Å². The molecule has 2 heterocycles. The number of nitrogens with zero attached hydrogens (tertiary/aromatic N) is 3. The molecule has 28 heavy (non-hydrogen) atoms. The number of nitrogens with two attached hydrogens (primary N) is 1. The summed E-state index contributed by atoms with van der Waals surface area (Å²) in [4.78, 5) is 19.8. The van der Waals surface area contributed by atoms with Gasteiger partial charge in [0.2, 0.25) is 0 Å². The zero-order chi connectivity index (χ0) is 19.5. The van der Waals surface area contributed by atoms with Gasteiger partial charge in [-0.1, -0.05) is 29.8 Å². The van der Waals surface area contributed by atoms with Gasteiger partial charge in [0.15, 0.2) is 0 Å². The number of anilines is 2. The van der Waals surface area contributed by atoms with Crippen molar-refractivity contribution >= 4 is 28.9 Å². The van der Waals surface area contributed by atoms with Crippen molar-refractivity contribution in [3.8, 4) is 0 Å². The molecule has 0 radical (unpaired) electrons. The summed E-state index contributed by atoms with van der Waals surface area (Å²) in [5.74, 6) is 0.121. The molecule has 2 fully saturated rings. The van der Waals surface area contributed by atoms with Crippen molar-refractivity contribution in [2.75, 3.05) is 49.1 Å². The number of carbonyl (C=O) groups is 1. The number of carbonyl (C=O) groups excluding carboxylic acids is 1. The normalized spacial score (nSPS) is 18.4. The fourth-order valence-corrected chi connectivity index (χ4v) is 4.27. The maximum absolute atomic E-state index is 13.3. The smallest absolute Gasteiger partial charge is 0.256 e. The number of rotatable bonds is 3. The fraction of sp³-hybridized carbons (Fsp3) is 0.409. The van der Waals surface area contributed by atoms with Crippen LogP contribution in [0.15, 0.2) is 48.5 Å². The van der Waals surface area contributed by atoms with Crippen LogP contribution in [-0.4, -0.2) is 56.1 Å². The van der Waals surface area contributed by atoms with E-state index < -0.39 is 0 Å². The maximum atomic E-state index is 13.3. The summed E-state index contributed by atoms with van der Waals surface area (Å²) in [5, 5.41) is 0.742. The van der Waals surface area contributed by atoms with Crippen molar-refractivity contribution in [3.05, 3.63) is 59.1 Å². The molecule has 4 rings (SSSR count). The molecule has 6 heteroatoms. The third kappa shape index (κ3) is 4.10. The highest BCUT2D eigenvalue weighted by atomic mass is 35.5. The second kappa shape index (κ2) is 8.41. The van der Waals surface area contributed by atoms with Crippen LogP contribution < -0.4 is 15.5 Å². The Kier molecular flexibility index (Phi) is 5.74. The van der Waals surface area contributed by atoms with Gasteiger partial charge in [0, 0.05) is 61.7 Å². The van der Waals surface area contributed by atoms with Crippen LogP contribution in [0.4, 0.5) is 11.4 Å². The Morgan fingerprint density at radius 1 is 0.893 bits per heavy atom. The van der Waals surface area contributed by atoms with Crippen LogP contribution in [0.3, 0.4) is 0 Å². The molecule has 2 aliphatic heterocycles. The van der Waals surface area contributed by atoms with E-state index in [4.69, 9.17) is 17.3 Å². The average Bonchev–Trinajstić information content (AvgIpc) is 2.74. The van der Waals surface area contributed by atoms with E-state index >= 15 is 0 Å². The lowest BCUT2D eigenvalue weighted by molar-refractivity contribution is 0.0747. The van der Waals surface area contributed by atoms with E-state index in [1.54, 1.807) is 0 Å². The average molecular weight is 399 g/mol. The molecule has 2 aromatic carbocycles. The van der Waals surface area contributed by atoms with Gasteiger partial charge in [-0.05, 0) is 43.2 Å². The number of amides is 1. The monoisotopic (exact) mass is 398 g/mol. The molecule has 1 amide bonds. The summed E-state index contributed by atoms with van der Waals surface area (Å²) < 4.78 is 0. The minimum Gasteiger partial charge on any atom is -0.371 e. The first-order valence-electron chi connectivity index (χ1n) is 10.0. The molecular weight excluding hydrogens is 372 g/mol. The van der Waals surface area contributed by atoms with Crippen LogP contribution in [0.5, 0.6) is 0 Å². The van der Waals surface area contributed by atoms with Gasteiger partial charge in [0.05, 0.1) is 5.56 Å². The molecule has 0 saturated carbocycles. The van der Waals surface area contributed by atoms with Crippen LogP contribution in [0.25, 0.3) is 0 Å². The lowest BCUT2D eigenvalue weighted by Crippen LogP contribution is -2.49. The van der Waals surface area contributed by atoms with Crippen LogP contribution in [0.1, 0.15) is 23.2 Å². The van der Waals surface area contributed by atoms with Crippen LogP contribution in [-0.2, 0) is 0 Å². The fourth-order valence-electron chi connectivity index (χ4n) is 4.08. The summed E-state index contributed by atoms with van der Waals surface area (Å²) in [6.07, 6.45) is 1.95. The van der Waals surface area contributed by atoms with Crippen molar-refractivity contribution < 1.29 is 4.79 Å². The molecule has 2 N–H and O–H groups in total. The predicted molar refractivity (Wildman–Crippen MR) is 115 cm³/mol. The quantitative estimate of drug-likeness (QED) is 0.862. The zero-order valence-corrected chi connectivity index (χ0v) is 16.8. The number of hydrogen-bond acceptors (Lipinski definition) is 4. The van der Waals surface area contributed by atoms with Crippen LogP contribution in [0.2, 0.25) is 5.02 Å². The molecule has 0 aromatic heterocycles. The summed E-state index contributed by atoms with van der Waals surface area (Å²) in [6.45, 7) is 4.87. The van der Waals surface area contributed by atoms with Gasteiger partial charge in [-0.3, -0.25) is 4.79 Å². The minimum absolute atomic E-state index is 0.121. The molecule has 0 bridgehead atoms. The molecule has 2 aliphatic rings.